The lowest BCUT2D eigenvalue weighted by Gasteiger charge is -2.18. The summed E-state index contributed by atoms with van der Waals surface area (Å²) in [5, 5.41) is 3.58. The highest BCUT2D eigenvalue weighted by atomic mass is 79.9. The van der Waals surface area contributed by atoms with Gasteiger partial charge in [0.05, 0.1) is 0 Å². The number of ether oxygens (including phenoxy) is 1. The zero-order valence-electron chi connectivity index (χ0n) is 11.2. The maximum Gasteiger partial charge on any atom is 0.119 e. The molecule has 0 radical (unpaired) electrons. The van der Waals surface area contributed by atoms with Gasteiger partial charge in [0.15, 0.2) is 0 Å². The summed E-state index contributed by atoms with van der Waals surface area (Å²) in [7, 11) is 0. The van der Waals surface area contributed by atoms with Gasteiger partial charge in [-0.05, 0) is 48.9 Å². The minimum atomic E-state index is 0.518. The molecule has 100 valence electrons. The van der Waals surface area contributed by atoms with Gasteiger partial charge in [-0.1, -0.05) is 29.8 Å². The molecule has 2 nitrogen and oxygen atoms in total. The van der Waals surface area contributed by atoms with Gasteiger partial charge in [0.25, 0.3) is 0 Å². The van der Waals surface area contributed by atoms with Crippen LogP contribution in [-0.2, 0) is 0 Å². The molecule has 1 atom stereocenters. The van der Waals surface area contributed by atoms with Gasteiger partial charge in [0.2, 0.25) is 0 Å². The van der Waals surface area contributed by atoms with E-state index >= 15 is 0 Å². The molecule has 3 heteroatoms. The van der Waals surface area contributed by atoms with Crippen molar-refractivity contribution in [2.24, 2.45) is 5.41 Å². The van der Waals surface area contributed by atoms with Crippen LogP contribution in [0.25, 0.3) is 0 Å². The lowest BCUT2D eigenvalue weighted by molar-refractivity contribution is 0.299. The fourth-order valence-corrected chi connectivity index (χ4v) is 2.84. The van der Waals surface area contributed by atoms with E-state index in [0.717, 1.165) is 23.4 Å². The second-order valence-electron chi connectivity index (χ2n) is 5.86. The van der Waals surface area contributed by atoms with Crippen molar-refractivity contribution in [1.29, 1.82) is 0 Å². The Morgan fingerprint density at radius 1 is 1.33 bits per heavy atom. The van der Waals surface area contributed by atoms with Crippen LogP contribution in [0.5, 0.6) is 5.75 Å². The van der Waals surface area contributed by atoms with Crippen molar-refractivity contribution in [3.8, 4) is 5.75 Å². The number of halogens is 1. The number of hydrogen-bond donors (Lipinski definition) is 1. The third-order valence-corrected chi connectivity index (χ3v) is 4.11. The number of nitrogens with one attached hydrogen (secondary N) is 1. The van der Waals surface area contributed by atoms with Gasteiger partial charge in [0.1, 0.15) is 12.4 Å². The summed E-state index contributed by atoms with van der Waals surface area (Å²) in [5.74, 6) is 0.937. The molecular weight excluding hydrogens is 290 g/mol. The summed E-state index contributed by atoms with van der Waals surface area (Å²) in [6.45, 7) is 6.37. The molecule has 0 amide bonds. The first kappa shape index (κ1) is 13.9. The maximum atomic E-state index is 5.69. The Morgan fingerprint density at radius 3 is 2.67 bits per heavy atom. The highest BCUT2D eigenvalue weighted by molar-refractivity contribution is 9.10. The SMILES string of the molecule is CC1(C)CCC(NCCOc2ccc(Br)cc2)C1. The summed E-state index contributed by atoms with van der Waals surface area (Å²) in [6.07, 6.45) is 3.91. The van der Waals surface area contributed by atoms with Crippen LogP contribution in [0.4, 0.5) is 0 Å². The Hall–Kier alpha value is -0.540. The molecule has 0 spiro atoms. The fraction of sp³-hybridized carbons (Fsp3) is 0.600. The molecule has 2 rings (SSSR count). The Kier molecular flexibility index (Phi) is 4.68. The molecule has 0 heterocycles. The molecule has 18 heavy (non-hydrogen) atoms. The average Bonchev–Trinajstić information content (AvgIpc) is 2.67. The molecule has 1 aliphatic rings. The zero-order valence-corrected chi connectivity index (χ0v) is 12.8. The molecule has 0 aromatic heterocycles. The Morgan fingerprint density at radius 2 is 2.06 bits per heavy atom. The number of rotatable bonds is 5. The summed E-state index contributed by atoms with van der Waals surface area (Å²) >= 11 is 3.41. The van der Waals surface area contributed by atoms with Crippen LogP contribution in [-0.4, -0.2) is 19.2 Å². The van der Waals surface area contributed by atoms with Crippen LogP contribution in [0, 0.1) is 5.41 Å². The molecule has 1 aliphatic carbocycles. The van der Waals surface area contributed by atoms with E-state index in [1.165, 1.54) is 19.3 Å². The molecule has 0 aliphatic heterocycles. The third-order valence-electron chi connectivity index (χ3n) is 3.59. The Labute approximate surface area is 118 Å². The van der Waals surface area contributed by atoms with Crippen molar-refractivity contribution in [2.75, 3.05) is 13.2 Å². The normalized spacial score (nSPS) is 22.1. The smallest absolute Gasteiger partial charge is 0.119 e. The monoisotopic (exact) mass is 311 g/mol. The predicted molar refractivity (Wildman–Crippen MR) is 79.1 cm³/mol. The third kappa shape index (κ3) is 4.29. The van der Waals surface area contributed by atoms with Gasteiger partial charge in [-0.25, -0.2) is 0 Å². The molecule has 1 aromatic rings. The van der Waals surface area contributed by atoms with Gasteiger partial charge in [-0.2, -0.15) is 0 Å². The summed E-state index contributed by atoms with van der Waals surface area (Å²) in [4.78, 5) is 0. The molecule has 1 saturated carbocycles. The van der Waals surface area contributed by atoms with E-state index in [4.69, 9.17) is 4.74 Å². The van der Waals surface area contributed by atoms with E-state index < -0.39 is 0 Å². The van der Waals surface area contributed by atoms with Crippen LogP contribution in [0.15, 0.2) is 28.7 Å². The van der Waals surface area contributed by atoms with Gasteiger partial charge in [-0.3, -0.25) is 0 Å². The average molecular weight is 312 g/mol. The summed E-state index contributed by atoms with van der Waals surface area (Å²) in [6, 6.07) is 8.66. The zero-order chi connectivity index (χ0) is 13.0. The van der Waals surface area contributed by atoms with Crippen LogP contribution in [0.2, 0.25) is 0 Å². The van der Waals surface area contributed by atoms with Crippen molar-refractivity contribution in [1.82, 2.24) is 5.32 Å². The molecule has 1 aromatic carbocycles. The van der Waals surface area contributed by atoms with Crippen LogP contribution < -0.4 is 10.1 Å². The van der Waals surface area contributed by atoms with Crippen molar-refractivity contribution in [2.45, 2.75) is 39.2 Å². The molecule has 0 bridgehead atoms. The summed E-state index contributed by atoms with van der Waals surface area (Å²) in [5.41, 5.74) is 0.518. The molecule has 1 fully saturated rings. The number of benzene rings is 1. The van der Waals surface area contributed by atoms with Gasteiger partial charge in [-0.15, -0.1) is 0 Å². The largest absolute Gasteiger partial charge is 0.492 e. The van der Waals surface area contributed by atoms with Crippen LogP contribution >= 0.6 is 15.9 Å². The van der Waals surface area contributed by atoms with E-state index in [9.17, 15) is 0 Å². The standard InChI is InChI=1S/C15H22BrNO/c1-15(2)8-7-13(11-15)17-9-10-18-14-5-3-12(16)4-6-14/h3-6,13,17H,7-11H2,1-2H3. The minimum absolute atomic E-state index is 0.518. The second-order valence-corrected chi connectivity index (χ2v) is 6.78. The molecule has 1 unspecified atom stereocenters. The van der Waals surface area contributed by atoms with E-state index in [-0.39, 0.29) is 0 Å². The van der Waals surface area contributed by atoms with Gasteiger partial charge in [0, 0.05) is 17.1 Å². The van der Waals surface area contributed by atoms with E-state index in [1.807, 2.05) is 24.3 Å². The van der Waals surface area contributed by atoms with Crippen molar-refractivity contribution >= 4 is 15.9 Å². The maximum absolute atomic E-state index is 5.69. The van der Waals surface area contributed by atoms with Crippen LogP contribution in [0.1, 0.15) is 33.1 Å². The fourth-order valence-electron chi connectivity index (χ4n) is 2.57. The molecule has 1 N–H and O–H groups in total. The van der Waals surface area contributed by atoms with Crippen molar-refractivity contribution in [3.63, 3.8) is 0 Å². The molecular formula is C15H22BrNO. The Balaban J connectivity index is 1.63. The molecule has 0 saturated heterocycles. The first-order chi connectivity index (χ1) is 8.55. The number of hydrogen-bond acceptors (Lipinski definition) is 2. The van der Waals surface area contributed by atoms with Crippen LogP contribution in [0.3, 0.4) is 0 Å². The van der Waals surface area contributed by atoms with E-state index in [0.29, 0.717) is 11.5 Å². The topological polar surface area (TPSA) is 21.3 Å². The minimum Gasteiger partial charge on any atom is -0.492 e. The first-order valence-corrected chi connectivity index (χ1v) is 7.46. The highest BCUT2D eigenvalue weighted by Gasteiger charge is 2.30. The lowest BCUT2D eigenvalue weighted by Crippen LogP contribution is -2.31. The quantitative estimate of drug-likeness (QED) is 0.830. The highest BCUT2D eigenvalue weighted by Crippen LogP contribution is 2.36. The van der Waals surface area contributed by atoms with Crippen molar-refractivity contribution < 1.29 is 4.74 Å². The second kappa shape index (κ2) is 6.07. The first-order valence-electron chi connectivity index (χ1n) is 6.67. The van der Waals surface area contributed by atoms with Crippen molar-refractivity contribution in [3.05, 3.63) is 28.7 Å². The van der Waals surface area contributed by atoms with Gasteiger partial charge < -0.3 is 10.1 Å². The van der Waals surface area contributed by atoms with E-state index in [2.05, 4.69) is 35.1 Å². The predicted octanol–water partition coefficient (Wildman–Crippen LogP) is 4.00. The Bertz CT molecular complexity index is 375. The lowest BCUT2D eigenvalue weighted by atomic mass is 9.92. The summed E-state index contributed by atoms with van der Waals surface area (Å²) < 4.78 is 6.77. The van der Waals surface area contributed by atoms with Gasteiger partial charge >= 0.3 is 0 Å². The van der Waals surface area contributed by atoms with E-state index in [1.54, 1.807) is 0 Å².